The van der Waals surface area contributed by atoms with Crippen LogP contribution >= 0.6 is 0 Å². The van der Waals surface area contributed by atoms with Crippen LogP contribution in [0.3, 0.4) is 0 Å². The molecule has 1 saturated carbocycles. The van der Waals surface area contributed by atoms with E-state index in [4.69, 9.17) is 4.74 Å². The summed E-state index contributed by atoms with van der Waals surface area (Å²) in [4.78, 5) is 57.5. The van der Waals surface area contributed by atoms with Gasteiger partial charge in [-0.1, -0.05) is 35.9 Å². The maximum atomic E-state index is 14.3. The lowest BCUT2D eigenvalue weighted by molar-refractivity contribution is -0.140. The number of phenolic OH excluding ortho intramolecular Hbond substituents is 1. The van der Waals surface area contributed by atoms with Crippen molar-refractivity contribution in [2.75, 3.05) is 18.6 Å². The predicted molar refractivity (Wildman–Crippen MR) is 138 cm³/mol. The number of allylic oxidation sites excluding steroid dienone is 2. The number of aromatic hydroxyl groups is 1. The van der Waals surface area contributed by atoms with Gasteiger partial charge in [-0.25, -0.2) is 4.90 Å². The van der Waals surface area contributed by atoms with Crippen molar-refractivity contribution >= 4 is 29.3 Å². The summed E-state index contributed by atoms with van der Waals surface area (Å²) >= 11 is 0. The Morgan fingerprint density at radius 2 is 1.71 bits per heavy atom. The molecule has 0 radical (unpaired) electrons. The van der Waals surface area contributed by atoms with E-state index in [1.807, 2.05) is 12.1 Å². The zero-order valence-electron chi connectivity index (χ0n) is 21.6. The van der Waals surface area contributed by atoms with E-state index in [2.05, 4.69) is 0 Å². The van der Waals surface area contributed by atoms with Crippen molar-refractivity contribution in [2.24, 2.45) is 29.1 Å². The van der Waals surface area contributed by atoms with Crippen LogP contribution < -0.4 is 9.64 Å². The Kier molecular flexibility index (Phi) is 5.49. The van der Waals surface area contributed by atoms with E-state index in [1.54, 1.807) is 56.3 Å². The summed E-state index contributed by atoms with van der Waals surface area (Å²) in [6.45, 7) is 3.87. The third-order valence-corrected chi connectivity index (χ3v) is 9.25. The van der Waals surface area contributed by atoms with Gasteiger partial charge in [-0.05, 0) is 56.9 Å². The Hall–Kier alpha value is -3.94. The summed E-state index contributed by atoms with van der Waals surface area (Å²) in [6.07, 6.45) is 2.62. The minimum absolute atomic E-state index is 0.0413. The van der Waals surface area contributed by atoms with Crippen molar-refractivity contribution in [3.8, 4) is 11.5 Å². The predicted octanol–water partition coefficient (Wildman–Crippen LogP) is 3.65. The molecule has 6 rings (SSSR count). The number of anilines is 1. The Balaban J connectivity index is 1.57. The Bertz CT molecular complexity index is 1400. The number of amides is 4. The van der Waals surface area contributed by atoms with E-state index in [0.29, 0.717) is 30.0 Å². The van der Waals surface area contributed by atoms with Crippen LogP contribution in [-0.2, 0) is 19.2 Å². The number of benzene rings is 2. The number of nitrogens with zero attached hydrogens (tertiary/aromatic N) is 2. The fourth-order valence-electron chi connectivity index (χ4n) is 7.52. The molecule has 196 valence electrons. The van der Waals surface area contributed by atoms with Crippen LogP contribution in [0.25, 0.3) is 0 Å². The molecular formula is C30H30N2O6. The molecule has 2 heterocycles. The van der Waals surface area contributed by atoms with E-state index in [-0.39, 0.29) is 35.8 Å². The third-order valence-electron chi connectivity index (χ3n) is 9.25. The fraction of sp³-hybridized carbons (Fsp3) is 0.400. The van der Waals surface area contributed by atoms with Crippen molar-refractivity contribution in [1.82, 2.24) is 4.90 Å². The number of methoxy groups -OCH3 is 1. The molecule has 0 spiro atoms. The van der Waals surface area contributed by atoms with Gasteiger partial charge in [0, 0.05) is 18.0 Å². The maximum absolute atomic E-state index is 14.3. The number of para-hydroxylation sites is 1. The molecule has 2 aromatic carbocycles. The molecule has 0 aromatic heterocycles. The topological polar surface area (TPSA) is 104 Å². The number of hydrogen-bond acceptors (Lipinski definition) is 6. The summed E-state index contributed by atoms with van der Waals surface area (Å²) in [5.41, 5.74) is 0.502. The highest BCUT2D eigenvalue weighted by molar-refractivity contribution is 6.24. The normalized spacial score (nSPS) is 32.2. The molecule has 8 nitrogen and oxygen atoms in total. The van der Waals surface area contributed by atoms with E-state index >= 15 is 0 Å². The molecule has 0 unspecified atom stereocenters. The summed E-state index contributed by atoms with van der Waals surface area (Å²) in [5.74, 6) is -3.67. The summed E-state index contributed by atoms with van der Waals surface area (Å²) < 4.78 is 5.66. The van der Waals surface area contributed by atoms with Crippen molar-refractivity contribution in [3.63, 3.8) is 0 Å². The highest BCUT2D eigenvalue weighted by Gasteiger charge is 2.68. The van der Waals surface area contributed by atoms with Crippen molar-refractivity contribution in [2.45, 2.75) is 32.6 Å². The molecule has 2 aromatic rings. The monoisotopic (exact) mass is 514 g/mol. The Labute approximate surface area is 220 Å². The zero-order valence-corrected chi connectivity index (χ0v) is 21.6. The standard InChI is InChI=1S/C30H30N2O6/c1-4-31-26(34)18-14-13-17-19(23(18)28(31)36)15-20-27(35)32(16-9-6-5-7-10-16)29(37)30(20,2)25(17)24-21(33)11-8-12-22(24)38-3/h5-13,18-20,23,25,33H,4,14-15H2,1-3H3/t18-,19+,20-,23-,25+,30+/m0/s1. The highest BCUT2D eigenvalue weighted by Crippen LogP contribution is 2.65. The number of hydrogen-bond donors (Lipinski definition) is 1. The average Bonchev–Trinajstić information content (AvgIpc) is 3.28. The van der Waals surface area contributed by atoms with E-state index in [0.717, 1.165) is 5.57 Å². The molecule has 4 aliphatic rings. The minimum atomic E-state index is -1.23. The molecule has 38 heavy (non-hydrogen) atoms. The van der Waals surface area contributed by atoms with Gasteiger partial charge in [0.1, 0.15) is 11.5 Å². The summed E-state index contributed by atoms with van der Waals surface area (Å²) in [7, 11) is 1.50. The molecule has 2 aliphatic carbocycles. The quantitative estimate of drug-likeness (QED) is 0.493. The first-order valence-electron chi connectivity index (χ1n) is 13.1. The molecule has 0 bridgehead atoms. The largest absolute Gasteiger partial charge is 0.508 e. The number of phenols is 1. The van der Waals surface area contributed by atoms with Gasteiger partial charge in [0.15, 0.2) is 0 Å². The van der Waals surface area contributed by atoms with Gasteiger partial charge in [0.2, 0.25) is 23.6 Å². The lowest BCUT2D eigenvalue weighted by atomic mass is 9.51. The molecule has 2 saturated heterocycles. The van der Waals surface area contributed by atoms with Gasteiger partial charge in [0.25, 0.3) is 0 Å². The van der Waals surface area contributed by atoms with Crippen molar-refractivity contribution in [1.29, 1.82) is 0 Å². The number of imide groups is 2. The Morgan fingerprint density at radius 3 is 2.39 bits per heavy atom. The van der Waals surface area contributed by atoms with Crippen LogP contribution in [-0.4, -0.2) is 47.3 Å². The van der Waals surface area contributed by atoms with Crippen LogP contribution in [0.2, 0.25) is 0 Å². The number of carbonyl (C=O) groups excluding carboxylic acids is 4. The molecule has 2 aliphatic heterocycles. The van der Waals surface area contributed by atoms with Crippen LogP contribution in [0, 0.1) is 29.1 Å². The first-order valence-corrected chi connectivity index (χ1v) is 13.1. The molecular weight excluding hydrogens is 484 g/mol. The number of ether oxygens (including phenoxy) is 1. The lowest BCUT2D eigenvalue weighted by Gasteiger charge is -2.49. The smallest absolute Gasteiger partial charge is 0.241 e. The number of fused-ring (bicyclic) bond motifs is 4. The molecule has 3 fully saturated rings. The van der Waals surface area contributed by atoms with E-state index in [1.165, 1.54) is 16.9 Å². The maximum Gasteiger partial charge on any atom is 0.241 e. The van der Waals surface area contributed by atoms with Crippen LogP contribution in [0.4, 0.5) is 5.69 Å². The van der Waals surface area contributed by atoms with Gasteiger partial charge in [-0.15, -0.1) is 0 Å². The van der Waals surface area contributed by atoms with Crippen molar-refractivity contribution < 1.29 is 29.0 Å². The first kappa shape index (κ1) is 24.4. The van der Waals surface area contributed by atoms with Gasteiger partial charge in [-0.2, -0.15) is 0 Å². The second kappa shape index (κ2) is 8.55. The van der Waals surface area contributed by atoms with Crippen molar-refractivity contribution in [3.05, 3.63) is 65.7 Å². The molecule has 8 heteroatoms. The lowest BCUT2D eigenvalue weighted by Crippen LogP contribution is -2.49. The van der Waals surface area contributed by atoms with E-state index in [9.17, 15) is 24.3 Å². The molecule has 1 N–H and O–H groups in total. The highest BCUT2D eigenvalue weighted by atomic mass is 16.5. The zero-order chi connectivity index (χ0) is 26.9. The van der Waals surface area contributed by atoms with Gasteiger partial charge in [0.05, 0.1) is 36.0 Å². The average molecular weight is 515 g/mol. The SMILES string of the molecule is CCN1C(=O)[C@H]2[C@H](CC=C3[C@H]2C[C@H]2C(=O)N(c4ccccc4)C(=O)[C@@]2(C)[C@H]3c2c(O)cccc2OC)C1=O. The number of likely N-dealkylation sites (tertiary alicyclic amines) is 1. The third kappa shape index (κ3) is 3.03. The van der Waals surface area contributed by atoms with Crippen LogP contribution in [0.1, 0.15) is 38.2 Å². The molecule has 6 atom stereocenters. The van der Waals surface area contributed by atoms with E-state index < -0.39 is 35.0 Å². The number of carbonyl (C=O) groups is 4. The molecule has 4 amide bonds. The fourth-order valence-corrected chi connectivity index (χ4v) is 7.52. The van der Waals surface area contributed by atoms with Gasteiger partial charge >= 0.3 is 0 Å². The Morgan fingerprint density at radius 1 is 0.974 bits per heavy atom. The second-order valence-corrected chi connectivity index (χ2v) is 10.8. The number of rotatable bonds is 4. The van der Waals surface area contributed by atoms with Gasteiger partial charge in [-0.3, -0.25) is 24.1 Å². The summed E-state index contributed by atoms with van der Waals surface area (Å²) in [5, 5.41) is 11.1. The van der Waals surface area contributed by atoms with Gasteiger partial charge < -0.3 is 9.84 Å². The van der Waals surface area contributed by atoms with Crippen LogP contribution in [0.15, 0.2) is 60.2 Å². The summed E-state index contributed by atoms with van der Waals surface area (Å²) in [6, 6.07) is 13.8. The second-order valence-electron chi connectivity index (χ2n) is 10.8. The first-order chi connectivity index (χ1) is 18.2. The minimum Gasteiger partial charge on any atom is -0.508 e. The van der Waals surface area contributed by atoms with Crippen LogP contribution in [0.5, 0.6) is 11.5 Å².